The van der Waals surface area contributed by atoms with Gasteiger partial charge in [-0.2, -0.15) is 0 Å². The van der Waals surface area contributed by atoms with Crippen LogP contribution in [0.2, 0.25) is 0 Å². The van der Waals surface area contributed by atoms with Crippen LogP contribution in [-0.4, -0.2) is 36.2 Å². The molecule has 1 amide bonds. The van der Waals surface area contributed by atoms with Crippen LogP contribution >= 0.6 is 0 Å². The van der Waals surface area contributed by atoms with Crippen molar-refractivity contribution in [2.24, 2.45) is 5.92 Å². The fraction of sp³-hybridized carbons (Fsp3) is 0.526. The van der Waals surface area contributed by atoms with Crippen LogP contribution in [0.25, 0.3) is 0 Å². The Morgan fingerprint density at radius 1 is 1.33 bits per heavy atom. The first-order valence-corrected chi connectivity index (χ1v) is 8.15. The zero-order chi connectivity index (χ0) is 18.6. The lowest BCUT2D eigenvalue weighted by atomic mass is 10.1. The zero-order valence-corrected chi connectivity index (χ0v) is 15.2. The number of carbonyl (C=O) groups excluding carboxylic acids is 1. The number of hydrogen-bond acceptors (Lipinski definition) is 4. The summed E-state index contributed by atoms with van der Waals surface area (Å²) in [6, 6.07) is 6.94. The van der Waals surface area contributed by atoms with Crippen molar-refractivity contribution < 1.29 is 9.90 Å². The van der Waals surface area contributed by atoms with Gasteiger partial charge in [-0.25, -0.2) is 0 Å². The quantitative estimate of drug-likeness (QED) is 0.454. The molecule has 0 spiro atoms. The Hall–Kier alpha value is -2.03. The van der Waals surface area contributed by atoms with Gasteiger partial charge in [0.2, 0.25) is 0 Å². The van der Waals surface area contributed by atoms with Crippen LogP contribution in [0.3, 0.4) is 0 Å². The van der Waals surface area contributed by atoms with Crippen LogP contribution in [-0.2, 0) is 0 Å². The number of amides is 1. The van der Waals surface area contributed by atoms with Crippen LogP contribution in [0.4, 0.5) is 5.69 Å². The summed E-state index contributed by atoms with van der Waals surface area (Å²) in [5, 5.41) is 14.5. The Labute approximate surface area is 146 Å². The Morgan fingerprint density at radius 2 is 1.92 bits per heavy atom. The largest absolute Gasteiger partial charge is 0.399 e. The maximum atomic E-state index is 11.6. The smallest absolute Gasteiger partial charge is 0.251 e. The number of terminal acetylenes is 1. The second-order valence-electron chi connectivity index (χ2n) is 6.66. The van der Waals surface area contributed by atoms with E-state index in [9.17, 15) is 4.79 Å². The van der Waals surface area contributed by atoms with E-state index in [-0.39, 0.29) is 18.1 Å². The second-order valence-corrected chi connectivity index (χ2v) is 6.66. The molecule has 0 atom stereocenters. The number of carbonyl (C=O) groups is 1. The van der Waals surface area contributed by atoms with Crippen molar-refractivity contribution in [1.82, 2.24) is 10.6 Å². The van der Waals surface area contributed by atoms with E-state index in [1.165, 1.54) is 0 Å². The van der Waals surface area contributed by atoms with Crippen LogP contribution in [0, 0.1) is 18.3 Å². The minimum atomic E-state index is -0.244. The highest BCUT2D eigenvalue weighted by Crippen LogP contribution is 2.05. The summed E-state index contributed by atoms with van der Waals surface area (Å²) in [6.45, 7) is 9.39. The van der Waals surface area contributed by atoms with Crippen molar-refractivity contribution in [2.75, 3.05) is 25.4 Å². The molecule has 0 saturated heterocycles. The first-order chi connectivity index (χ1) is 11.2. The molecule has 0 aliphatic rings. The lowest BCUT2D eigenvalue weighted by molar-refractivity contribution is 0.0952. The van der Waals surface area contributed by atoms with Crippen molar-refractivity contribution in [2.45, 2.75) is 39.7 Å². The van der Waals surface area contributed by atoms with Crippen molar-refractivity contribution >= 4 is 11.6 Å². The molecule has 0 aromatic heterocycles. The molecule has 1 aromatic rings. The average Bonchev–Trinajstić information content (AvgIpc) is 2.54. The van der Waals surface area contributed by atoms with Crippen LogP contribution in [0.5, 0.6) is 0 Å². The number of nitrogens with two attached hydrogens (primary N) is 1. The maximum absolute atomic E-state index is 11.6. The van der Waals surface area contributed by atoms with Gasteiger partial charge in [0.25, 0.3) is 5.91 Å². The molecule has 24 heavy (non-hydrogen) atoms. The number of nitrogens with one attached hydrogen (secondary N) is 2. The first kappa shape index (κ1) is 22.0. The Kier molecular flexibility index (Phi) is 10.5. The highest BCUT2D eigenvalue weighted by molar-refractivity contribution is 5.94. The Morgan fingerprint density at radius 3 is 2.38 bits per heavy atom. The van der Waals surface area contributed by atoms with E-state index in [0.717, 1.165) is 13.0 Å². The molecule has 0 heterocycles. The summed E-state index contributed by atoms with van der Waals surface area (Å²) in [6.07, 6.45) is 6.00. The van der Waals surface area contributed by atoms with Gasteiger partial charge in [-0.15, -0.1) is 6.42 Å². The lowest BCUT2D eigenvalue weighted by Gasteiger charge is -2.21. The SMILES string of the molecule is C#CCNC(C)(C)CO.CC(C)CCNC(=O)c1ccc(N)cc1. The fourth-order valence-electron chi connectivity index (χ4n) is 1.56. The number of hydrogen-bond donors (Lipinski definition) is 4. The molecule has 0 aliphatic heterocycles. The molecule has 0 saturated carbocycles. The molecule has 134 valence electrons. The Bertz CT molecular complexity index is 516. The molecule has 1 aromatic carbocycles. The fourth-order valence-corrected chi connectivity index (χ4v) is 1.56. The van der Waals surface area contributed by atoms with Crippen LogP contribution < -0.4 is 16.4 Å². The van der Waals surface area contributed by atoms with Gasteiger partial charge in [-0.1, -0.05) is 19.8 Å². The summed E-state index contributed by atoms with van der Waals surface area (Å²) < 4.78 is 0. The highest BCUT2D eigenvalue weighted by atomic mass is 16.3. The highest BCUT2D eigenvalue weighted by Gasteiger charge is 2.13. The summed E-state index contributed by atoms with van der Waals surface area (Å²) >= 11 is 0. The molecule has 0 radical (unpaired) electrons. The van der Waals surface area contributed by atoms with E-state index >= 15 is 0 Å². The molecule has 1 rings (SSSR count). The number of aliphatic hydroxyl groups is 1. The summed E-state index contributed by atoms with van der Waals surface area (Å²) in [5.74, 6) is 3.01. The van der Waals surface area contributed by atoms with E-state index in [1.54, 1.807) is 24.3 Å². The molecule has 5 N–H and O–H groups in total. The molecule has 0 bridgehead atoms. The van der Waals surface area contributed by atoms with E-state index < -0.39 is 0 Å². The molecular formula is C19H31N3O2. The topological polar surface area (TPSA) is 87.4 Å². The van der Waals surface area contributed by atoms with Crippen LogP contribution in [0.1, 0.15) is 44.5 Å². The first-order valence-electron chi connectivity index (χ1n) is 8.15. The minimum Gasteiger partial charge on any atom is -0.399 e. The third kappa shape index (κ3) is 10.7. The molecule has 0 aliphatic carbocycles. The standard InChI is InChI=1S/C12H18N2O.C7H13NO/c1-9(2)7-8-14-12(15)10-3-5-11(13)6-4-10;1-4-5-8-7(2,3)6-9/h3-6,9H,7-8,13H2,1-2H3,(H,14,15);1,8-9H,5-6H2,2-3H3. The Balaban J connectivity index is 0.000000506. The van der Waals surface area contributed by atoms with Gasteiger partial charge in [0, 0.05) is 23.3 Å². The minimum absolute atomic E-state index is 0.0318. The second kappa shape index (κ2) is 11.5. The van der Waals surface area contributed by atoms with Gasteiger partial charge in [0.1, 0.15) is 0 Å². The van der Waals surface area contributed by atoms with Gasteiger partial charge in [0.15, 0.2) is 0 Å². The summed E-state index contributed by atoms with van der Waals surface area (Å²) in [5.41, 5.74) is 6.63. The van der Waals surface area contributed by atoms with Gasteiger partial charge in [-0.3, -0.25) is 10.1 Å². The predicted octanol–water partition coefficient (Wildman–Crippen LogP) is 2.02. The number of benzene rings is 1. The molecule has 0 unspecified atom stereocenters. The predicted molar refractivity (Wildman–Crippen MR) is 101 cm³/mol. The number of nitrogen functional groups attached to an aromatic ring is 1. The molecule has 0 fully saturated rings. The number of anilines is 1. The van der Waals surface area contributed by atoms with Gasteiger partial charge in [0.05, 0.1) is 13.2 Å². The van der Waals surface area contributed by atoms with Crippen molar-refractivity contribution in [3.05, 3.63) is 29.8 Å². The maximum Gasteiger partial charge on any atom is 0.251 e. The van der Waals surface area contributed by atoms with Gasteiger partial charge < -0.3 is 16.2 Å². The van der Waals surface area contributed by atoms with E-state index in [0.29, 0.717) is 23.7 Å². The van der Waals surface area contributed by atoms with Crippen molar-refractivity contribution in [3.8, 4) is 12.3 Å². The average molecular weight is 333 g/mol. The third-order valence-corrected chi connectivity index (χ3v) is 3.24. The normalized spacial score (nSPS) is 10.5. The van der Waals surface area contributed by atoms with Gasteiger partial charge >= 0.3 is 0 Å². The number of rotatable bonds is 7. The zero-order valence-electron chi connectivity index (χ0n) is 15.2. The van der Waals surface area contributed by atoms with Crippen molar-refractivity contribution in [1.29, 1.82) is 0 Å². The van der Waals surface area contributed by atoms with E-state index in [4.69, 9.17) is 17.3 Å². The lowest BCUT2D eigenvalue weighted by Crippen LogP contribution is -2.42. The molecular weight excluding hydrogens is 302 g/mol. The number of aliphatic hydroxyl groups excluding tert-OH is 1. The van der Waals surface area contributed by atoms with E-state index in [2.05, 4.69) is 30.4 Å². The van der Waals surface area contributed by atoms with Gasteiger partial charge in [-0.05, 0) is 50.5 Å². The third-order valence-electron chi connectivity index (χ3n) is 3.24. The van der Waals surface area contributed by atoms with Crippen LogP contribution in [0.15, 0.2) is 24.3 Å². The monoisotopic (exact) mass is 333 g/mol. The molecule has 5 nitrogen and oxygen atoms in total. The van der Waals surface area contributed by atoms with E-state index in [1.807, 2.05) is 13.8 Å². The summed E-state index contributed by atoms with van der Waals surface area (Å²) in [7, 11) is 0. The summed E-state index contributed by atoms with van der Waals surface area (Å²) in [4.78, 5) is 11.6. The van der Waals surface area contributed by atoms with Crippen molar-refractivity contribution in [3.63, 3.8) is 0 Å². The molecule has 5 heteroatoms.